The lowest BCUT2D eigenvalue weighted by molar-refractivity contribution is -0.144. The number of rotatable bonds is 0. The van der Waals surface area contributed by atoms with Crippen molar-refractivity contribution in [2.75, 3.05) is 0 Å². The van der Waals surface area contributed by atoms with E-state index >= 15 is 0 Å². The SMILES string of the molecule is C=C1C(=O)O[C@@]2(C)C(C)=CC(=O)C[C@@H]12. The summed E-state index contributed by atoms with van der Waals surface area (Å²) < 4.78 is 5.27. The van der Waals surface area contributed by atoms with Crippen molar-refractivity contribution in [1.29, 1.82) is 0 Å². The molecule has 0 aromatic carbocycles. The van der Waals surface area contributed by atoms with Crippen LogP contribution >= 0.6 is 0 Å². The summed E-state index contributed by atoms with van der Waals surface area (Å²) in [6, 6.07) is 0. The van der Waals surface area contributed by atoms with Crippen LogP contribution < -0.4 is 0 Å². The number of ketones is 1. The maximum Gasteiger partial charge on any atom is 0.334 e. The first-order valence-corrected chi connectivity index (χ1v) is 4.59. The molecule has 2 aliphatic rings. The predicted octanol–water partition coefficient (Wildman–Crippen LogP) is 1.39. The number of fused-ring (bicyclic) bond motifs is 1. The second-order valence-electron chi connectivity index (χ2n) is 4.07. The van der Waals surface area contributed by atoms with Gasteiger partial charge in [-0.15, -0.1) is 0 Å². The molecule has 2 rings (SSSR count). The number of allylic oxidation sites excluding steroid dienone is 1. The van der Waals surface area contributed by atoms with Crippen LogP contribution in [0.4, 0.5) is 0 Å². The van der Waals surface area contributed by atoms with Crippen LogP contribution in [0.2, 0.25) is 0 Å². The summed E-state index contributed by atoms with van der Waals surface area (Å²) in [4.78, 5) is 22.7. The Bertz CT molecular complexity index is 378. The van der Waals surface area contributed by atoms with E-state index in [2.05, 4.69) is 6.58 Å². The van der Waals surface area contributed by atoms with E-state index in [1.54, 1.807) is 6.08 Å². The van der Waals surface area contributed by atoms with Crippen molar-refractivity contribution in [3.63, 3.8) is 0 Å². The van der Waals surface area contributed by atoms with Gasteiger partial charge >= 0.3 is 5.97 Å². The van der Waals surface area contributed by atoms with E-state index in [1.807, 2.05) is 13.8 Å². The lowest BCUT2D eigenvalue weighted by atomic mass is 9.74. The molecule has 1 aliphatic heterocycles. The highest BCUT2D eigenvalue weighted by molar-refractivity contribution is 5.98. The van der Waals surface area contributed by atoms with Crippen molar-refractivity contribution in [2.45, 2.75) is 25.9 Å². The molecule has 2 atom stereocenters. The van der Waals surface area contributed by atoms with E-state index in [-0.39, 0.29) is 17.7 Å². The zero-order valence-electron chi connectivity index (χ0n) is 8.29. The van der Waals surface area contributed by atoms with E-state index in [0.717, 1.165) is 5.57 Å². The average molecular weight is 192 g/mol. The number of carbonyl (C=O) groups excluding carboxylic acids is 2. The van der Waals surface area contributed by atoms with E-state index < -0.39 is 5.60 Å². The van der Waals surface area contributed by atoms with Crippen molar-refractivity contribution in [1.82, 2.24) is 0 Å². The molecule has 0 spiro atoms. The standard InChI is InChI=1S/C11H12O3/c1-6-4-8(12)5-9-7(2)10(13)14-11(6,9)3/h4,9H,2,5H2,1,3H3/t9-,11-/m0/s1. The molecular weight excluding hydrogens is 180 g/mol. The first kappa shape index (κ1) is 9.19. The quantitative estimate of drug-likeness (QED) is 0.430. The van der Waals surface area contributed by atoms with Gasteiger partial charge in [-0.25, -0.2) is 4.79 Å². The number of hydrogen-bond donors (Lipinski definition) is 0. The first-order chi connectivity index (χ1) is 6.45. The van der Waals surface area contributed by atoms with Crippen molar-refractivity contribution in [3.05, 3.63) is 23.8 Å². The highest BCUT2D eigenvalue weighted by atomic mass is 16.6. The number of hydrogen-bond acceptors (Lipinski definition) is 3. The topological polar surface area (TPSA) is 43.4 Å². The van der Waals surface area contributed by atoms with Gasteiger partial charge in [0.1, 0.15) is 5.60 Å². The van der Waals surface area contributed by atoms with Crippen LogP contribution in [-0.4, -0.2) is 17.4 Å². The number of carbonyl (C=O) groups is 2. The summed E-state index contributed by atoms with van der Waals surface area (Å²) in [7, 11) is 0. The Hall–Kier alpha value is -1.38. The fourth-order valence-corrected chi connectivity index (χ4v) is 2.12. The largest absolute Gasteiger partial charge is 0.451 e. The van der Waals surface area contributed by atoms with Crippen molar-refractivity contribution < 1.29 is 14.3 Å². The van der Waals surface area contributed by atoms with Crippen LogP contribution in [-0.2, 0) is 14.3 Å². The Morgan fingerprint density at radius 1 is 1.57 bits per heavy atom. The molecule has 0 amide bonds. The van der Waals surface area contributed by atoms with Gasteiger partial charge in [-0.2, -0.15) is 0 Å². The molecule has 0 unspecified atom stereocenters. The summed E-state index contributed by atoms with van der Waals surface area (Å²) in [6.45, 7) is 7.33. The van der Waals surface area contributed by atoms with Crippen molar-refractivity contribution in [2.24, 2.45) is 5.92 Å². The van der Waals surface area contributed by atoms with Gasteiger partial charge in [0.05, 0.1) is 0 Å². The van der Waals surface area contributed by atoms with Crippen molar-refractivity contribution in [3.8, 4) is 0 Å². The molecule has 1 fully saturated rings. The van der Waals surface area contributed by atoms with Gasteiger partial charge in [0.25, 0.3) is 0 Å². The van der Waals surface area contributed by atoms with Crippen LogP contribution in [0.25, 0.3) is 0 Å². The van der Waals surface area contributed by atoms with E-state index in [4.69, 9.17) is 4.74 Å². The molecule has 3 nitrogen and oxygen atoms in total. The summed E-state index contributed by atoms with van der Waals surface area (Å²) in [5.41, 5.74) is 0.598. The maximum atomic E-state index is 11.3. The molecule has 1 heterocycles. The molecule has 0 radical (unpaired) electrons. The number of ether oxygens (including phenoxy) is 1. The molecule has 1 saturated heterocycles. The fourth-order valence-electron chi connectivity index (χ4n) is 2.12. The zero-order valence-corrected chi connectivity index (χ0v) is 8.29. The van der Waals surface area contributed by atoms with E-state index in [0.29, 0.717) is 12.0 Å². The lowest BCUT2D eigenvalue weighted by Crippen LogP contribution is -2.38. The Morgan fingerprint density at radius 2 is 2.21 bits per heavy atom. The van der Waals surface area contributed by atoms with Crippen molar-refractivity contribution >= 4 is 11.8 Å². The van der Waals surface area contributed by atoms with Gasteiger partial charge in [0.15, 0.2) is 5.78 Å². The van der Waals surface area contributed by atoms with Crippen LogP contribution in [0.5, 0.6) is 0 Å². The van der Waals surface area contributed by atoms with Gasteiger partial charge in [-0.1, -0.05) is 6.58 Å². The van der Waals surface area contributed by atoms with Crippen LogP contribution in [0.1, 0.15) is 20.3 Å². The lowest BCUT2D eigenvalue weighted by Gasteiger charge is -2.32. The summed E-state index contributed by atoms with van der Waals surface area (Å²) in [6.07, 6.45) is 1.89. The molecular formula is C11H12O3. The van der Waals surface area contributed by atoms with Gasteiger partial charge in [-0.3, -0.25) is 4.79 Å². The molecule has 0 aromatic rings. The van der Waals surface area contributed by atoms with E-state index in [1.165, 1.54) is 0 Å². The molecule has 14 heavy (non-hydrogen) atoms. The maximum absolute atomic E-state index is 11.3. The third-order valence-corrected chi connectivity index (χ3v) is 3.22. The Morgan fingerprint density at radius 3 is 2.86 bits per heavy atom. The molecule has 3 heteroatoms. The summed E-state index contributed by atoms with van der Waals surface area (Å²) in [5, 5.41) is 0. The average Bonchev–Trinajstić information content (AvgIpc) is 2.30. The molecule has 0 N–H and O–H groups in total. The predicted molar refractivity (Wildman–Crippen MR) is 50.5 cm³/mol. The van der Waals surface area contributed by atoms with E-state index in [9.17, 15) is 9.59 Å². The minimum atomic E-state index is -0.637. The molecule has 74 valence electrons. The monoisotopic (exact) mass is 192 g/mol. The molecule has 0 bridgehead atoms. The molecule has 0 aromatic heterocycles. The normalized spacial score (nSPS) is 36.6. The smallest absolute Gasteiger partial charge is 0.334 e. The fraction of sp³-hybridized carbons (Fsp3) is 0.455. The Kier molecular flexibility index (Phi) is 1.68. The summed E-state index contributed by atoms with van der Waals surface area (Å²) >= 11 is 0. The van der Waals surface area contributed by atoms with Gasteiger partial charge in [0, 0.05) is 17.9 Å². The highest BCUT2D eigenvalue weighted by Crippen LogP contribution is 2.45. The molecule has 0 saturated carbocycles. The zero-order chi connectivity index (χ0) is 10.5. The van der Waals surface area contributed by atoms with Gasteiger partial charge in [0.2, 0.25) is 0 Å². The highest BCUT2D eigenvalue weighted by Gasteiger charge is 2.51. The second-order valence-corrected chi connectivity index (χ2v) is 4.07. The van der Waals surface area contributed by atoms with Crippen LogP contribution in [0.3, 0.4) is 0 Å². The number of esters is 1. The van der Waals surface area contributed by atoms with Gasteiger partial charge < -0.3 is 4.74 Å². The second kappa shape index (κ2) is 2.56. The van der Waals surface area contributed by atoms with Crippen LogP contribution in [0, 0.1) is 5.92 Å². The Labute approximate surface area is 82.4 Å². The minimum Gasteiger partial charge on any atom is -0.451 e. The Balaban J connectivity index is 2.51. The van der Waals surface area contributed by atoms with Gasteiger partial charge in [-0.05, 0) is 25.5 Å². The third kappa shape index (κ3) is 0.983. The minimum absolute atomic E-state index is 0.0458. The summed E-state index contributed by atoms with van der Waals surface area (Å²) in [5.74, 6) is -0.503. The van der Waals surface area contributed by atoms with Crippen LogP contribution in [0.15, 0.2) is 23.8 Å². The third-order valence-electron chi connectivity index (χ3n) is 3.22. The molecule has 1 aliphatic carbocycles. The first-order valence-electron chi connectivity index (χ1n) is 4.59.